The monoisotopic (exact) mass is 444 g/mol. The van der Waals surface area contributed by atoms with Gasteiger partial charge in [0.1, 0.15) is 0 Å². The third-order valence-electron chi connectivity index (χ3n) is 5.91. The van der Waals surface area contributed by atoms with Crippen molar-refractivity contribution in [3.05, 3.63) is 97.3 Å². The fourth-order valence-electron chi connectivity index (χ4n) is 4.27. The Hall–Kier alpha value is -3.60. The molecule has 0 aliphatic heterocycles. The first kappa shape index (κ1) is 18.0. The molecule has 0 N–H and O–H groups in total. The smallest absolute Gasteiger partial charge is 0.0702 e. The van der Waals surface area contributed by atoms with Gasteiger partial charge >= 0.3 is 0 Å². The van der Waals surface area contributed by atoms with Crippen molar-refractivity contribution in [1.82, 2.24) is 9.97 Å². The van der Waals surface area contributed by atoms with Gasteiger partial charge in [-0.3, -0.25) is 9.97 Å². The zero-order valence-electron chi connectivity index (χ0n) is 16.9. The summed E-state index contributed by atoms with van der Waals surface area (Å²) < 4.78 is 2.61. The van der Waals surface area contributed by atoms with Crippen LogP contribution >= 0.6 is 22.7 Å². The average Bonchev–Trinajstić information content (AvgIpc) is 3.45. The van der Waals surface area contributed by atoms with Gasteiger partial charge in [0.15, 0.2) is 0 Å². The van der Waals surface area contributed by atoms with Gasteiger partial charge in [-0.05, 0) is 59.3 Å². The highest BCUT2D eigenvalue weighted by Gasteiger charge is 2.11. The molecule has 0 aliphatic carbocycles. The summed E-state index contributed by atoms with van der Waals surface area (Å²) in [6.45, 7) is 0. The standard InChI is InChI=1S/C28H16N2S2/c1-3-7-23-17(5-1)9-21(15-29-23)27-13-19-11-26-20(12-25(19)31-27)14-28(32-26)22-10-18-6-2-4-8-24(18)30-16-22/h1-16H. The SMILES string of the molecule is c1ccc2ncc(-c3cc4cc5sc(-c6cnc7ccccc7c6)cc5cc4s3)cc2c1. The van der Waals surface area contributed by atoms with Gasteiger partial charge in [0.05, 0.1) is 11.0 Å². The lowest BCUT2D eigenvalue weighted by Gasteiger charge is -2.00. The number of para-hydroxylation sites is 2. The molecule has 150 valence electrons. The molecule has 3 aromatic carbocycles. The van der Waals surface area contributed by atoms with Crippen molar-refractivity contribution in [2.45, 2.75) is 0 Å². The molecule has 4 aromatic heterocycles. The lowest BCUT2D eigenvalue weighted by molar-refractivity contribution is 1.42. The maximum Gasteiger partial charge on any atom is 0.0702 e. The minimum atomic E-state index is 1.04. The largest absolute Gasteiger partial charge is 0.256 e. The van der Waals surface area contributed by atoms with Gasteiger partial charge in [0.25, 0.3) is 0 Å². The Morgan fingerprint density at radius 3 is 1.44 bits per heavy atom. The van der Waals surface area contributed by atoms with Gasteiger partial charge in [0, 0.05) is 53.4 Å². The molecule has 0 spiro atoms. The molecule has 4 heterocycles. The van der Waals surface area contributed by atoms with Crippen molar-refractivity contribution in [2.75, 3.05) is 0 Å². The highest BCUT2D eigenvalue weighted by atomic mass is 32.1. The van der Waals surface area contributed by atoms with Crippen LogP contribution in [0.1, 0.15) is 0 Å². The summed E-state index contributed by atoms with van der Waals surface area (Å²) >= 11 is 3.67. The van der Waals surface area contributed by atoms with Gasteiger partial charge in [-0.25, -0.2) is 0 Å². The highest BCUT2D eigenvalue weighted by Crippen LogP contribution is 2.40. The predicted octanol–water partition coefficient (Wildman–Crippen LogP) is 8.55. The van der Waals surface area contributed by atoms with E-state index < -0.39 is 0 Å². The predicted molar refractivity (Wildman–Crippen MR) is 139 cm³/mol. The minimum absolute atomic E-state index is 1.04. The summed E-state index contributed by atoms with van der Waals surface area (Å²) in [5, 5.41) is 4.93. The summed E-state index contributed by atoms with van der Waals surface area (Å²) in [7, 11) is 0. The number of hydrogen-bond donors (Lipinski definition) is 0. The molecule has 7 rings (SSSR count). The van der Waals surface area contributed by atoms with Gasteiger partial charge in [-0.2, -0.15) is 0 Å². The first-order valence-electron chi connectivity index (χ1n) is 10.5. The fourth-order valence-corrected chi connectivity index (χ4v) is 6.42. The van der Waals surface area contributed by atoms with Gasteiger partial charge in [-0.1, -0.05) is 36.4 Å². The molecule has 0 atom stereocenters. The second-order valence-electron chi connectivity index (χ2n) is 7.98. The lowest BCUT2D eigenvalue weighted by Crippen LogP contribution is -1.79. The number of benzene rings is 3. The van der Waals surface area contributed by atoms with Crippen LogP contribution in [0.15, 0.2) is 97.3 Å². The molecule has 0 amide bonds. The molecule has 0 saturated carbocycles. The number of rotatable bonds is 2. The Labute approximate surface area is 192 Å². The molecule has 0 bridgehead atoms. The van der Waals surface area contributed by atoms with Crippen molar-refractivity contribution in [2.24, 2.45) is 0 Å². The number of hydrogen-bond acceptors (Lipinski definition) is 4. The third-order valence-corrected chi connectivity index (χ3v) is 8.20. The number of pyridine rings is 2. The molecule has 0 fully saturated rings. The van der Waals surface area contributed by atoms with E-state index in [1.807, 2.05) is 47.2 Å². The topological polar surface area (TPSA) is 25.8 Å². The van der Waals surface area contributed by atoms with E-state index in [-0.39, 0.29) is 0 Å². The summed E-state index contributed by atoms with van der Waals surface area (Å²) in [6, 6.07) is 30.3. The molecule has 0 unspecified atom stereocenters. The second kappa shape index (κ2) is 6.95. The van der Waals surface area contributed by atoms with E-state index in [0.717, 1.165) is 11.0 Å². The first-order chi connectivity index (χ1) is 15.8. The molecular weight excluding hydrogens is 428 g/mol. The normalized spacial score (nSPS) is 11.8. The Balaban J connectivity index is 1.32. The van der Waals surface area contributed by atoms with Crippen molar-refractivity contribution < 1.29 is 0 Å². The summed E-state index contributed by atoms with van der Waals surface area (Å²) in [5.74, 6) is 0. The Kier molecular flexibility index (Phi) is 3.92. The van der Waals surface area contributed by atoms with E-state index in [2.05, 4.69) is 82.8 Å². The molecule has 7 aromatic rings. The maximum atomic E-state index is 4.64. The molecule has 32 heavy (non-hydrogen) atoms. The van der Waals surface area contributed by atoms with Crippen LogP contribution < -0.4 is 0 Å². The van der Waals surface area contributed by atoms with E-state index in [1.54, 1.807) is 0 Å². The molecule has 2 nitrogen and oxygen atoms in total. The van der Waals surface area contributed by atoms with Crippen LogP contribution in [0.4, 0.5) is 0 Å². The van der Waals surface area contributed by atoms with E-state index in [1.165, 1.54) is 51.8 Å². The van der Waals surface area contributed by atoms with Crippen LogP contribution in [-0.2, 0) is 0 Å². The Bertz CT molecular complexity index is 1610. The molecular formula is C28H16N2S2. The van der Waals surface area contributed by atoms with Crippen LogP contribution in [-0.4, -0.2) is 9.97 Å². The van der Waals surface area contributed by atoms with Crippen LogP contribution in [0, 0.1) is 0 Å². The quantitative estimate of drug-likeness (QED) is 0.267. The van der Waals surface area contributed by atoms with Crippen molar-refractivity contribution in [1.29, 1.82) is 0 Å². The Morgan fingerprint density at radius 1 is 0.469 bits per heavy atom. The minimum Gasteiger partial charge on any atom is -0.256 e. The number of fused-ring (bicyclic) bond motifs is 4. The summed E-state index contributed by atoms with van der Waals surface area (Å²) in [4.78, 5) is 11.8. The van der Waals surface area contributed by atoms with Crippen LogP contribution in [0.25, 0.3) is 62.9 Å². The number of aromatic nitrogens is 2. The van der Waals surface area contributed by atoms with Crippen molar-refractivity contribution >= 4 is 64.7 Å². The summed E-state index contributed by atoms with van der Waals surface area (Å²) in [6.07, 6.45) is 3.97. The van der Waals surface area contributed by atoms with E-state index in [4.69, 9.17) is 0 Å². The molecule has 0 radical (unpaired) electrons. The van der Waals surface area contributed by atoms with E-state index in [9.17, 15) is 0 Å². The second-order valence-corrected chi connectivity index (χ2v) is 10.2. The van der Waals surface area contributed by atoms with E-state index in [0.29, 0.717) is 0 Å². The van der Waals surface area contributed by atoms with Gasteiger partial charge in [-0.15, -0.1) is 22.7 Å². The highest BCUT2D eigenvalue weighted by molar-refractivity contribution is 7.23. The zero-order valence-corrected chi connectivity index (χ0v) is 18.6. The van der Waals surface area contributed by atoms with Crippen LogP contribution in [0.5, 0.6) is 0 Å². The van der Waals surface area contributed by atoms with Crippen molar-refractivity contribution in [3.63, 3.8) is 0 Å². The zero-order chi connectivity index (χ0) is 21.1. The summed E-state index contributed by atoms with van der Waals surface area (Å²) in [5.41, 5.74) is 4.43. The lowest BCUT2D eigenvalue weighted by atomic mass is 10.1. The van der Waals surface area contributed by atoms with Crippen LogP contribution in [0.3, 0.4) is 0 Å². The third kappa shape index (κ3) is 2.92. The van der Waals surface area contributed by atoms with Crippen LogP contribution in [0.2, 0.25) is 0 Å². The van der Waals surface area contributed by atoms with Crippen molar-refractivity contribution in [3.8, 4) is 20.9 Å². The molecule has 0 aliphatic rings. The fraction of sp³-hybridized carbons (Fsp3) is 0. The van der Waals surface area contributed by atoms with E-state index >= 15 is 0 Å². The molecule has 4 heteroatoms. The Morgan fingerprint density at radius 2 is 0.938 bits per heavy atom. The van der Waals surface area contributed by atoms with Gasteiger partial charge in [0.2, 0.25) is 0 Å². The average molecular weight is 445 g/mol. The maximum absolute atomic E-state index is 4.64. The number of thiophene rings is 2. The van der Waals surface area contributed by atoms with Gasteiger partial charge < -0.3 is 0 Å². The molecule has 0 saturated heterocycles. The first-order valence-corrected chi connectivity index (χ1v) is 12.1. The number of nitrogens with zero attached hydrogens (tertiary/aromatic N) is 2.